The number of halogens is 2. The van der Waals surface area contributed by atoms with E-state index in [2.05, 4.69) is 17.8 Å². The number of rotatable bonds is 9. The van der Waals surface area contributed by atoms with E-state index in [1.807, 2.05) is 24.3 Å². The number of ether oxygens (including phenoxy) is 2. The summed E-state index contributed by atoms with van der Waals surface area (Å²) in [6.45, 7) is 2.21. The first-order valence-corrected chi connectivity index (χ1v) is 12.0. The van der Waals surface area contributed by atoms with Gasteiger partial charge in [0.25, 0.3) is 0 Å². The molecule has 9 heteroatoms. The van der Waals surface area contributed by atoms with Gasteiger partial charge in [-0.3, -0.25) is 20.4 Å². The van der Waals surface area contributed by atoms with Crippen molar-refractivity contribution in [1.82, 2.24) is 5.43 Å². The van der Waals surface area contributed by atoms with Crippen LogP contribution in [0.1, 0.15) is 24.5 Å². The Morgan fingerprint density at radius 3 is 2.58 bits per heavy atom. The Hall–Kier alpha value is -3.78. The van der Waals surface area contributed by atoms with Crippen molar-refractivity contribution in [1.29, 1.82) is 0 Å². The summed E-state index contributed by atoms with van der Waals surface area (Å²) < 4.78 is 25.4. The highest BCUT2D eigenvalue weighted by Gasteiger charge is 2.35. The number of hydrogen-bond donors (Lipinski definition) is 2. The molecular weight excluding hydrogens is 485 g/mol. The van der Waals surface area contributed by atoms with Gasteiger partial charge in [0.1, 0.15) is 12.4 Å². The van der Waals surface area contributed by atoms with Gasteiger partial charge in [0.05, 0.1) is 23.7 Å². The summed E-state index contributed by atoms with van der Waals surface area (Å²) in [5.74, 6) is -0.782. The van der Waals surface area contributed by atoms with Crippen molar-refractivity contribution in [3.8, 4) is 11.5 Å². The number of para-hydroxylation sites is 1. The highest BCUT2D eigenvalue weighted by atomic mass is 35.5. The van der Waals surface area contributed by atoms with E-state index in [9.17, 15) is 14.0 Å². The number of benzene rings is 3. The Morgan fingerprint density at radius 1 is 1.14 bits per heavy atom. The quantitative estimate of drug-likeness (QED) is 0.389. The first-order valence-electron chi connectivity index (χ1n) is 11.6. The summed E-state index contributed by atoms with van der Waals surface area (Å²) >= 11 is 6.11. The Labute approximate surface area is 214 Å². The Bertz CT molecular complexity index is 1230. The molecule has 1 aliphatic rings. The maximum atomic E-state index is 14.2. The smallest absolute Gasteiger partial charge is 0.243 e. The second-order valence-corrected chi connectivity index (χ2v) is 8.77. The molecule has 0 radical (unpaired) electrons. The normalized spacial score (nSPS) is 15.1. The summed E-state index contributed by atoms with van der Waals surface area (Å²) in [4.78, 5) is 27.1. The standard InChI is InChI=1S/C27H27ClFN3O4/c1-3-17-10-12-19(13-11-17)32-15-18(14-25(32)33)27(34)31-30-23-8-5-9-24(35-2)26(23)36-16-20-21(28)6-4-7-22(20)29/h4-13,18,30H,3,14-16H2,1-2H3,(H,31,34)/t18-/m0/s1. The van der Waals surface area contributed by atoms with Gasteiger partial charge in [-0.2, -0.15) is 0 Å². The highest BCUT2D eigenvalue weighted by molar-refractivity contribution is 6.31. The number of methoxy groups -OCH3 is 1. The fourth-order valence-electron chi connectivity index (χ4n) is 4.01. The van der Waals surface area contributed by atoms with Gasteiger partial charge < -0.3 is 14.4 Å². The van der Waals surface area contributed by atoms with E-state index in [1.165, 1.54) is 24.8 Å². The number of carbonyl (C=O) groups excluding carboxylic acids is 2. The Kier molecular flexibility index (Phi) is 7.95. The molecular formula is C27H27ClFN3O4. The van der Waals surface area contributed by atoms with Crippen molar-refractivity contribution in [2.24, 2.45) is 5.92 Å². The number of aryl methyl sites for hydroxylation is 1. The number of carbonyl (C=O) groups is 2. The zero-order chi connectivity index (χ0) is 25.7. The third-order valence-electron chi connectivity index (χ3n) is 6.09. The van der Waals surface area contributed by atoms with E-state index in [1.54, 1.807) is 29.2 Å². The lowest BCUT2D eigenvalue weighted by Crippen LogP contribution is -2.36. The highest BCUT2D eigenvalue weighted by Crippen LogP contribution is 2.36. The number of nitrogens with one attached hydrogen (secondary N) is 2. The van der Waals surface area contributed by atoms with Gasteiger partial charge in [0.2, 0.25) is 11.8 Å². The Morgan fingerprint density at radius 2 is 1.89 bits per heavy atom. The van der Waals surface area contributed by atoms with Crippen LogP contribution in [0, 0.1) is 11.7 Å². The van der Waals surface area contributed by atoms with E-state index in [4.69, 9.17) is 21.1 Å². The lowest BCUT2D eigenvalue weighted by atomic mass is 10.1. The zero-order valence-corrected chi connectivity index (χ0v) is 20.8. The minimum Gasteiger partial charge on any atom is -0.493 e. The predicted molar refractivity (Wildman–Crippen MR) is 137 cm³/mol. The van der Waals surface area contributed by atoms with Crippen LogP contribution in [-0.2, 0) is 22.6 Å². The van der Waals surface area contributed by atoms with Gasteiger partial charge in [-0.1, -0.05) is 42.8 Å². The first-order chi connectivity index (χ1) is 17.4. The molecule has 3 aromatic carbocycles. The molecule has 0 spiro atoms. The van der Waals surface area contributed by atoms with Crippen LogP contribution in [0.25, 0.3) is 0 Å². The number of nitrogens with zero attached hydrogens (tertiary/aromatic N) is 1. The molecule has 1 atom stereocenters. The average Bonchev–Trinajstić information content (AvgIpc) is 3.28. The van der Waals surface area contributed by atoms with Crippen LogP contribution < -0.4 is 25.2 Å². The molecule has 36 heavy (non-hydrogen) atoms. The van der Waals surface area contributed by atoms with Crippen LogP contribution >= 0.6 is 11.6 Å². The first kappa shape index (κ1) is 25.3. The number of anilines is 2. The molecule has 2 amide bonds. The second kappa shape index (κ2) is 11.3. The summed E-state index contributed by atoms with van der Waals surface area (Å²) in [7, 11) is 1.48. The van der Waals surface area contributed by atoms with Gasteiger partial charge in [-0.05, 0) is 48.4 Å². The summed E-state index contributed by atoms with van der Waals surface area (Å²) in [5.41, 5.74) is 8.08. The number of hydrogen-bond acceptors (Lipinski definition) is 5. The maximum Gasteiger partial charge on any atom is 0.243 e. The van der Waals surface area contributed by atoms with Crippen LogP contribution in [0.5, 0.6) is 11.5 Å². The minimum absolute atomic E-state index is 0.105. The van der Waals surface area contributed by atoms with Crippen molar-refractivity contribution >= 4 is 34.8 Å². The lowest BCUT2D eigenvalue weighted by Gasteiger charge is -2.19. The van der Waals surface area contributed by atoms with E-state index in [0.29, 0.717) is 11.4 Å². The van der Waals surface area contributed by atoms with Crippen molar-refractivity contribution in [2.75, 3.05) is 24.0 Å². The van der Waals surface area contributed by atoms with Crippen molar-refractivity contribution in [2.45, 2.75) is 26.4 Å². The van der Waals surface area contributed by atoms with E-state index < -0.39 is 11.7 Å². The second-order valence-electron chi connectivity index (χ2n) is 8.37. The van der Waals surface area contributed by atoms with Gasteiger partial charge >= 0.3 is 0 Å². The van der Waals surface area contributed by atoms with Crippen LogP contribution in [-0.4, -0.2) is 25.5 Å². The molecule has 0 unspecified atom stereocenters. The molecule has 0 aliphatic carbocycles. The number of hydrazine groups is 1. The van der Waals surface area contributed by atoms with Gasteiger partial charge in [0, 0.05) is 24.2 Å². The van der Waals surface area contributed by atoms with Crippen LogP contribution in [0.3, 0.4) is 0 Å². The predicted octanol–water partition coefficient (Wildman–Crippen LogP) is 5.13. The molecule has 7 nitrogen and oxygen atoms in total. The summed E-state index contributed by atoms with van der Waals surface area (Å²) in [6.07, 6.45) is 1.02. The number of amides is 2. The third kappa shape index (κ3) is 5.54. The minimum atomic E-state index is -0.525. The van der Waals surface area contributed by atoms with E-state index in [-0.39, 0.29) is 47.7 Å². The van der Waals surface area contributed by atoms with Gasteiger partial charge in [0.15, 0.2) is 11.5 Å². The molecule has 1 aliphatic heterocycles. The van der Waals surface area contributed by atoms with Crippen LogP contribution in [0.2, 0.25) is 5.02 Å². The van der Waals surface area contributed by atoms with Crippen LogP contribution in [0.15, 0.2) is 60.7 Å². The SMILES string of the molecule is CCc1ccc(N2C[C@@H](C(=O)NNc3cccc(OC)c3OCc3c(F)cccc3Cl)CC2=O)cc1. The largest absolute Gasteiger partial charge is 0.493 e. The molecule has 0 saturated carbocycles. The zero-order valence-electron chi connectivity index (χ0n) is 20.0. The monoisotopic (exact) mass is 511 g/mol. The molecule has 188 valence electrons. The van der Waals surface area contributed by atoms with Gasteiger partial charge in [-0.25, -0.2) is 4.39 Å². The fourth-order valence-corrected chi connectivity index (χ4v) is 4.23. The lowest BCUT2D eigenvalue weighted by molar-refractivity contribution is -0.125. The molecule has 0 bridgehead atoms. The van der Waals surface area contributed by atoms with E-state index >= 15 is 0 Å². The van der Waals surface area contributed by atoms with Crippen LogP contribution in [0.4, 0.5) is 15.8 Å². The molecule has 2 N–H and O–H groups in total. The molecule has 3 aromatic rings. The molecule has 1 saturated heterocycles. The topological polar surface area (TPSA) is 79.9 Å². The average molecular weight is 512 g/mol. The molecule has 0 aromatic heterocycles. The fraction of sp³-hybridized carbons (Fsp3) is 0.259. The van der Waals surface area contributed by atoms with Crippen molar-refractivity contribution in [3.05, 3.63) is 82.6 Å². The molecule has 4 rings (SSSR count). The van der Waals surface area contributed by atoms with E-state index in [0.717, 1.165) is 12.1 Å². The Balaban J connectivity index is 1.42. The molecule has 1 fully saturated rings. The van der Waals surface area contributed by atoms with Crippen molar-refractivity contribution < 1.29 is 23.5 Å². The third-order valence-corrected chi connectivity index (χ3v) is 6.45. The molecule has 1 heterocycles. The maximum absolute atomic E-state index is 14.2. The summed E-state index contributed by atoms with van der Waals surface area (Å²) in [5, 5.41) is 0.243. The summed E-state index contributed by atoms with van der Waals surface area (Å²) in [6, 6.07) is 17.2. The van der Waals surface area contributed by atoms with Gasteiger partial charge in [-0.15, -0.1) is 0 Å². The van der Waals surface area contributed by atoms with Crippen molar-refractivity contribution in [3.63, 3.8) is 0 Å².